The Bertz CT molecular complexity index is 952. The normalized spacial score (nSPS) is 10.6. The molecule has 1 aromatic heterocycles. The molecule has 0 atom stereocenters. The molecule has 1 amide bonds. The molecular formula is C17H14ClN3OS2. The van der Waals surface area contributed by atoms with Crippen LogP contribution in [0.4, 0.5) is 5.13 Å². The van der Waals surface area contributed by atoms with Crippen molar-refractivity contribution in [2.75, 3.05) is 5.32 Å². The average Bonchev–Trinajstić information content (AvgIpc) is 2.89. The number of carbonyl (C=O) groups is 1. The van der Waals surface area contributed by atoms with Crippen molar-refractivity contribution in [2.45, 2.75) is 13.8 Å². The number of nitrogens with zero attached hydrogens (tertiary/aromatic N) is 1. The molecule has 4 nitrogen and oxygen atoms in total. The average molecular weight is 376 g/mol. The first kappa shape index (κ1) is 16.8. The number of nitrogens with one attached hydrogen (secondary N) is 2. The Morgan fingerprint density at radius 1 is 1.25 bits per heavy atom. The molecule has 0 fully saturated rings. The maximum Gasteiger partial charge on any atom is 0.257 e. The van der Waals surface area contributed by atoms with E-state index in [0.29, 0.717) is 15.7 Å². The minimum Gasteiger partial charge on any atom is -0.308 e. The predicted molar refractivity (Wildman–Crippen MR) is 104 cm³/mol. The van der Waals surface area contributed by atoms with Gasteiger partial charge in [0.15, 0.2) is 10.2 Å². The van der Waals surface area contributed by atoms with Crippen LogP contribution in [-0.4, -0.2) is 16.0 Å². The highest BCUT2D eigenvalue weighted by Crippen LogP contribution is 2.29. The molecule has 0 bridgehead atoms. The summed E-state index contributed by atoms with van der Waals surface area (Å²) in [5.74, 6) is -0.317. The van der Waals surface area contributed by atoms with Crippen LogP contribution in [0.3, 0.4) is 0 Å². The van der Waals surface area contributed by atoms with Gasteiger partial charge < -0.3 is 5.32 Å². The van der Waals surface area contributed by atoms with Gasteiger partial charge in [-0.05, 0) is 61.5 Å². The zero-order valence-electron chi connectivity index (χ0n) is 13.0. The van der Waals surface area contributed by atoms with E-state index < -0.39 is 0 Å². The number of aryl methyl sites for hydroxylation is 2. The third kappa shape index (κ3) is 3.72. The highest BCUT2D eigenvalue weighted by atomic mass is 35.5. The minimum atomic E-state index is -0.317. The number of anilines is 1. The van der Waals surface area contributed by atoms with Crippen molar-refractivity contribution in [1.29, 1.82) is 0 Å². The quantitative estimate of drug-likeness (QED) is 0.638. The van der Waals surface area contributed by atoms with Gasteiger partial charge in [-0.3, -0.25) is 10.1 Å². The third-order valence-electron chi connectivity index (χ3n) is 3.36. The van der Waals surface area contributed by atoms with Crippen LogP contribution in [0.25, 0.3) is 10.2 Å². The second-order valence-corrected chi connectivity index (χ2v) is 7.24. The molecule has 0 spiro atoms. The molecule has 122 valence electrons. The number of benzene rings is 2. The molecule has 2 N–H and O–H groups in total. The van der Waals surface area contributed by atoms with Crippen molar-refractivity contribution in [1.82, 2.24) is 10.3 Å². The molecule has 24 heavy (non-hydrogen) atoms. The van der Waals surface area contributed by atoms with Crippen LogP contribution >= 0.6 is 35.2 Å². The molecule has 0 aliphatic rings. The van der Waals surface area contributed by atoms with Crippen LogP contribution in [0, 0.1) is 13.8 Å². The van der Waals surface area contributed by atoms with Gasteiger partial charge in [-0.1, -0.05) is 35.1 Å². The van der Waals surface area contributed by atoms with Crippen molar-refractivity contribution < 1.29 is 4.79 Å². The van der Waals surface area contributed by atoms with E-state index in [-0.39, 0.29) is 11.0 Å². The maximum absolute atomic E-state index is 12.2. The largest absolute Gasteiger partial charge is 0.308 e. The second-order valence-electron chi connectivity index (χ2n) is 5.37. The van der Waals surface area contributed by atoms with Crippen molar-refractivity contribution in [3.63, 3.8) is 0 Å². The van der Waals surface area contributed by atoms with E-state index in [1.807, 2.05) is 6.92 Å². The summed E-state index contributed by atoms with van der Waals surface area (Å²) in [6, 6.07) is 10.9. The Morgan fingerprint density at radius 2 is 2.04 bits per heavy atom. The molecule has 7 heteroatoms. The minimum absolute atomic E-state index is 0.202. The van der Waals surface area contributed by atoms with Crippen molar-refractivity contribution in [3.05, 3.63) is 58.1 Å². The first-order chi connectivity index (χ1) is 11.4. The third-order valence-corrected chi connectivity index (χ3v) is 4.72. The first-order valence-corrected chi connectivity index (χ1v) is 8.78. The van der Waals surface area contributed by atoms with E-state index in [9.17, 15) is 4.79 Å². The number of thiazole rings is 1. The summed E-state index contributed by atoms with van der Waals surface area (Å²) in [4.78, 5) is 16.7. The number of hydrogen-bond acceptors (Lipinski definition) is 4. The molecule has 2 aromatic carbocycles. The number of rotatable bonds is 2. The Hall–Kier alpha value is -2.02. The summed E-state index contributed by atoms with van der Waals surface area (Å²) in [6.07, 6.45) is 0. The summed E-state index contributed by atoms with van der Waals surface area (Å²) in [5.41, 5.74) is 3.69. The number of hydrogen-bond donors (Lipinski definition) is 2. The van der Waals surface area contributed by atoms with Crippen LogP contribution in [0.5, 0.6) is 0 Å². The Kier molecular flexibility index (Phi) is 4.80. The summed E-state index contributed by atoms with van der Waals surface area (Å²) >= 11 is 12.6. The maximum atomic E-state index is 12.2. The number of fused-ring (bicyclic) bond motifs is 1. The van der Waals surface area contributed by atoms with Gasteiger partial charge in [0.1, 0.15) is 0 Å². The Balaban J connectivity index is 1.73. The molecule has 0 aliphatic heterocycles. The predicted octanol–water partition coefficient (Wildman–Crippen LogP) is 4.69. The SMILES string of the molecule is Cc1cc(C)c2nc(NC(=S)NC(=O)c3cccc(Cl)c3)sc2c1. The first-order valence-electron chi connectivity index (χ1n) is 7.18. The number of amides is 1. The van der Waals surface area contributed by atoms with Crippen molar-refractivity contribution in [3.8, 4) is 0 Å². The van der Waals surface area contributed by atoms with Crippen LogP contribution in [-0.2, 0) is 0 Å². The van der Waals surface area contributed by atoms with E-state index in [0.717, 1.165) is 15.8 Å². The number of aromatic nitrogens is 1. The zero-order chi connectivity index (χ0) is 17.3. The van der Waals surface area contributed by atoms with Gasteiger partial charge in [-0.25, -0.2) is 4.98 Å². The Labute approximate surface area is 153 Å². The highest BCUT2D eigenvalue weighted by molar-refractivity contribution is 7.80. The number of thiocarbonyl (C=S) groups is 1. The molecule has 0 saturated heterocycles. The topological polar surface area (TPSA) is 54.0 Å². The van der Waals surface area contributed by atoms with Crippen LogP contribution in [0.15, 0.2) is 36.4 Å². The van der Waals surface area contributed by atoms with Gasteiger partial charge in [-0.2, -0.15) is 0 Å². The highest BCUT2D eigenvalue weighted by Gasteiger charge is 2.11. The lowest BCUT2D eigenvalue weighted by Gasteiger charge is -2.07. The summed E-state index contributed by atoms with van der Waals surface area (Å²) in [6.45, 7) is 4.08. The van der Waals surface area contributed by atoms with E-state index in [1.165, 1.54) is 16.9 Å². The van der Waals surface area contributed by atoms with Gasteiger partial charge in [-0.15, -0.1) is 0 Å². The fourth-order valence-electron chi connectivity index (χ4n) is 2.36. The summed E-state index contributed by atoms with van der Waals surface area (Å²) in [5, 5.41) is 6.95. The lowest BCUT2D eigenvalue weighted by atomic mass is 10.1. The van der Waals surface area contributed by atoms with E-state index in [4.69, 9.17) is 23.8 Å². The number of halogens is 1. The van der Waals surface area contributed by atoms with E-state index in [2.05, 4.69) is 34.7 Å². The van der Waals surface area contributed by atoms with Crippen LogP contribution in [0.1, 0.15) is 21.5 Å². The van der Waals surface area contributed by atoms with Crippen molar-refractivity contribution in [2.24, 2.45) is 0 Å². The molecule has 0 aliphatic carbocycles. The second kappa shape index (κ2) is 6.84. The van der Waals surface area contributed by atoms with E-state index in [1.54, 1.807) is 24.3 Å². The molecule has 0 unspecified atom stereocenters. The summed E-state index contributed by atoms with van der Waals surface area (Å²) < 4.78 is 1.08. The van der Waals surface area contributed by atoms with Gasteiger partial charge in [0.25, 0.3) is 5.91 Å². The fourth-order valence-corrected chi connectivity index (χ4v) is 3.85. The van der Waals surface area contributed by atoms with Crippen molar-refractivity contribution >= 4 is 61.5 Å². The van der Waals surface area contributed by atoms with Gasteiger partial charge in [0.05, 0.1) is 10.2 Å². The zero-order valence-corrected chi connectivity index (χ0v) is 15.4. The van der Waals surface area contributed by atoms with Gasteiger partial charge in [0.2, 0.25) is 0 Å². The van der Waals surface area contributed by atoms with E-state index >= 15 is 0 Å². The smallest absolute Gasteiger partial charge is 0.257 e. The van der Waals surface area contributed by atoms with Crippen LogP contribution in [0.2, 0.25) is 5.02 Å². The Morgan fingerprint density at radius 3 is 2.79 bits per heavy atom. The van der Waals surface area contributed by atoms with Crippen LogP contribution < -0.4 is 10.6 Å². The molecule has 0 saturated carbocycles. The molecule has 3 rings (SSSR count). The molecular weight excluding hydrogens is 362 g/mol. The fraction of sp³-hybridized carbons (Fsp3) is 0.118. The molecule has 3 aromatic rings. The number of carbonyl (C=O) groups excluding carboxylic acids is 1. The standard InChI is InChI=1S/C17H14ClN3OS2/c1-9-6-10(2)14-13(7-9)24-17(19-14)21-16(23)20-15(22)11-4-3-5-12(18)8-11/h3-8H,1-2H3,(H2,19,20,21,22,23). The molecule has 1 heterocycles. The van der Waals surface area contributed by atoms with Gasteiger partial charge >= 0.3 is 0 Å². The molecule has 0 radical (unpaired) electrons. The lowest BCUT2D eigenvalue weighted by molar-refractivity contribution is 0.0977. The van der Waals surface area contributed by atoms with Gasteiger partial charge in [0, 0.05) is 10.6 Å². The monoisotopic (exact) mass is 375 g/mol. The summed E-state index contributed by atoms with van der Waals surface area (Å²) in [7, 11) is 0. The lowest BCUT2D eigenvalue weighted by Crippen LogP contribution is -2.34.